The van der Waals surface area contributed by atoms with E-state index in [1.54, 1.807) is 18.3 Å². The first kappa shape index (κ1) is 11.9. The highest BCUT2D eigenvalue weighted by Crippen LogP contribution is 2.24. The molecule has 1 saturated carbocycles. The summed E-state index contributed by atoms with van der Waals surface area (Å²) < 4.78 is 0. The van der Waals surface area contributed by atoms with Gasteiger partial charge in [0.05, 0.1) is 0 Å². The zero-order valence-corrected chi connectivity index (χ0v) is 9.89. The second-order valence-corrected chi connectivity index (χ2v) is 4.34. The predicted molar refractivity (Wildman–Crippen MR) is 65.3 cm³/mol. The van der Waals surface area contributed by atoms with Gasteiger partial charge in [-0.25, -0.2) is 9.78 Å². The number of carbonyl (C=O) groups is 1. The van der Waals surface area contributed by atoms with Crippen LogP contribution in [0.3, 0.4) is 0 Å². The molecule has 0 bridgehead atoms. The number of rotatable bonds is 6. The second-order valence-electron chi connectivity index (χ2n) is 4.34. The molecular weight excluding hydrogens is 218 g/mol. The average Bonchev–Trinajstić information content (AvgIpc) is 3.13. The molecule has 1 aliphatic rings. The number of carboxylic acid groups (broad SMARTS) is 1. The number of nitrogens with zero attached hydrogens (tertiary/aromatic N) is 2. The van der Waals surface area contributed by atoms with Crippen molar-refractivity contribution in [2.45, 2.75) is 18.9 Å². The lowest BCUT2D eigenvalue weighted by molar-refractivity contribution is 0.0697. The van der Waals surface area contributed by atoms with Gasteiger partial charge in [0, 0.05) is 25.3 Å². The summed E-state index contributed by atoms with van der Waals surface area (Å²) in [5.74, 6) is -0.500. The van der Waals surface area contributed by atoms with E-state index in [-0.39, 0.29) is 5.56 Å². The predicted octanol–water partition coefficient (Wildman–Crippen LogP) is 1.29. The van der Waals surface area contributed by atoms with Gasteiger partial charge < -0.3 is 15.3 Å². The third kappa shape index (κ3) is 3.17. The van der Waals surface area contributed by atoms with Crippen LogP contribution in [0.1, 0.15) is 23.2 Å². The van der Waals surface area contributed by atoms with Gasteiger partial charge >= 0.3 is 5.97 Å². The van der Waals surface area contributed by atoms with Crippen molar-refractivity contribution in [3.05, 3.63) is 23.9 Å². The maximum atomic E-state index is 10.9. The van der Waals surface area contributed by atoms with Crippen molar-refractivity contribution in [1.82, 2.24) is 9.88 Å². The monoisotopic (exact) mass is 235 g/mol. The van der Waals surface area contributed by atoms with Crippen LogP contribution in [0.15, 0.2) is 18.3 Å². The van der Waals surface area contributed by atoms with Crippen LogP contribution < -0.4 is 5.32 Å². The minimum Gasteiger partial charge on any atom is -0.478 e. The van der Waals surface area contributed by atoms with Gasteiger partial charge in [-0.15, -0.1) is 0 Å². The number of carboxylic acids is 1. The van der Waals surface area contributed by atoms with Crippen molar-refractivity contribution in [1.29, 1.82) is 0 Å². The molecular formula is C12H17N3O2. The van der Waals surface area contributed by atoms with E-state index in [1.165, 1.54) is 12.8 Å². The van der Waals surface area contributed by atoms with Crippen molar-refractivity contribution < 1.29 is 9.90 Å². The molecule has 5 heteroatoms. The van der Waals surface area contributed by atoms with E-state index in [1.807, 2.05) is 0 Å². The van der Waals surface area contributed by atoms with Crippen LogP contribution >= 0.6 is 0 Å². The summed E-state index contributed by atoms with van der Waals surface area (Å²) in [6, 6.07) is 3.91. The van der Waals surface area contributed by atoms with E-state index in [0.717, 1.165) is 12.6 Å². The lowest BCUT2D eigenvalue weighted by Gasteiger charge is -2.16. The number of pyridine rings is 1. The standard InChI is InChI=1S/C12H17N3O2/c1-15(9-4-5-9)8-7-14-11-10(12(16)17)3-2-6-13-11/h2-3,6,9H,4-5,7-8H2,1H3,(H,13,14)(H,16,17). The Labute approximate surface area is 100 Å². The minimum absolute atomic E-state index is 0.224. The van der Waals surface area contributed by atoms with Crippen LogP contribution in [-0.2, 0) is 0 Å². The molecule has 1 fully saturated rings. The highest BCUT2D eigenvalue weighted by molar-refractivity contribution is 5.92. The topological polar surface area (TPSA) is 65.5 Å². The van der Waals surface area contributed by atoms with Gasteiger partial charge in [-0.05, 0) is 32.0 Å². The maximum absolute atomic E-state index is 10.9. The van der Waals surface area contributed by atoms with Crippen molar-refractivity contribution in [3.63, 3.8) is 0 Å². The Morgan fingerprint density at radius 1 is 1.65 bits per heavy atom. The van der Waals surface area contributed by atoms with Crippen molar-refractivity contribution in [2.24, 2.45) is 0 Å². The lowest BCUT2D eigenvalue weighted by Crippen LogP contribution is -2.27. The van der Waals surface area contributed by atoms with E-state index in [0.29, 0.717) is 12.4 Å². The molecule has 0 saturated heterocycles. The van der Waals surface area contributed by atoms with E-state index < -0.39 is 5.97 Å². The van der Waals surface area contributed by atoms with Crippen molar-refractivity contribution in [3.8, 4) is 0 Å². The number of likely N-dealkylation sites (N-methyl/N-ethyl adjacent to an activating group) is 1. The average molecular weight is 235 g/mol. The summed E-state index contributed by atoms with van der Waals surface area (Å²) in [7, 11) is 2.09. The maximum Gasteiger partial charge on any atom is 0.339 e. The molecule has 0 radical (unpaired) electrons. The fraction of sp³-hybridized carbons (Fsp3) is 0.500. The molecule has 0 aromatic carbocycles. The smallest absolute Gasteiger partial charge is 0.339 e. The van der Waals surface area contributed by atoms with Crippen LogP contribution in [0.5, 0.6) is 0 Å². The SMILES string of the molecule is CN(CCNc1ncccc1C(=O)O)C1CC1. The number of anilines is 1. The highest BCUT2D eigenvalue weighted by atomic mass is 16.4. The van der Waals surface area contributed by atoms with E-state index in [4.69, 9.17) is 5.11 Å². The van der Waals surface area contributed by atoms with Gasteiger partial charge in [0.25, 0.3) is 0 Å². The Morgan fingerprint density at radius 3 is 3.06 bits per heavy atom. The third-order valence-corrected chi connectivity index (χ3v) is 2.97. The number of aromatic nitrogens is 1. The quantitative estimate of drug-likeness (QED) is 0.777. The molecule has 2 rings (SSSR count). The zero-order valence-electron chi connectivity index (χ0n) is 9.89. The molecule has 0 spiro atoms. The molecule has 92 valence electrons. The van der Waals surface area contributed by atoms with Gasteiger partial charge in [0.1, 0.15) is 11.4 Å². The molecule has 0 aliphatic heterocycles. The lowest BCUT2D eigenvalue weighted by atomic mass is 10.2. The van der Waals surface area contributed by atoms with Crippen LogP contribution in [0.25, 0.3) is 0 Å². The Morgan fingerprint density at radius 2 is 2.41 bits per heavy atom. The molecule has 17 heavy (non-hydrogen) atoms. The second kappa shape index (κ2) is 5.14. The van der Waals surface area contributed by atoms with E-state index in [2.05, 4.69) is 22.2 Å². The number of aromatic carboxylic acids is 1. The minimum atomic E-state index is -0.948. The summed E-state index contributed by atoms with van der Waals surface area (Å²) >= 11 is 0. The summed E-state index contributed by atoms with van der Waals surface area (Å²) in [5, 5.41) is 12.1. The summed E-state index contributed by atoms with van der Waals surface area (Å²) in [6.45, 7) is 1.62. The molecule has 1 aromatic heterocycles. The fourth-order valence-electron chi connectivity index (χ4n) is 1.77. The summed E-state index contributed by atoms with van der Waals surface area (Å²) in [6.07, 6.45) is 4.15. The Hall–Kier alpha value is -1.62. The van der Waals surface area contributed by atoms with Crippen molar-refractivity contribution >= 4 is 11.8 Å². The molecule has 0 amide bonds. The molecule has 2 N–H and O–H groups in total. The number of hydrogen-bond acceptors (Lipinski definition) is 4. The molecule has 1 aromatic rings. The van der Waals surface area contributed by atoms with E-state index >= 15 is 0 Å². The van der Waals surface area contributed by atoms with E-state index in [9.17, 15) is 4.79 Å². The third-order valence-electron chi connectivity index (χ3n) is 2.97. The Balaban J connectivity index is 1.87. The molecule has 1 heterocycles. The molecule has 0 atom stereocenters. The van der Waals surface area contributed by atoms with Crippen LogP contribution in [0.4, 0.5) is 5.82 Å². The first-order chi connectivity index (χ1) is 8.18. The largest absolute Gasteiger partial charge is 0.478 e. The summed E-state index contributed by atoms with van der Waals surface area (Å²) in [4.78, 5) is 17.3. The first-order valence-corrected chi connectivity index (χ1v) is 5.81. The fourth-order valence-corrected chi connectivity index (χ4v) is 1.77. The van der Waals surface area contributed by atoms with Gasteiger partial charge in [0.2, 0.25) is 0 Å². The molecule has 0 unspecified atom stereocenters. The van der Waals surface area contributed by atoms with Crippen LogP contribution in [0.2, 0.25) is 0 Å². The van der Waals surface area contributed by atoms with Gasteiger partial charge in [-0.1, -0.05) is 0 Å². The highest BCUT2D eigenvalue weighted by Gasteiger charge is 2.25. The first-order valence-electron chi connectivity index (χ1n) is 5.81. The normalized spacial score (nSPS) is 14.9. The van der Waals surface area contributed by atoms with Crippen LogP contribution in [-0.4, -0.2) is 47.1 Å². The Bertz CT molecular complexity index is 404. The van der Waals surface area contributed by atoms with Crippen LogP contribution in [0, 0.1) is 0 Å². The van der Waals surface area contributed by atoms with Gasteiger partial charge in [-0.3, -0.25) is 0 Å². The zero-order chi connectivity index (χ0) is 12.3. The Kier molecular flexibility index (Phi) is 3.58. The number of hydrogen-bond donors (Lipinski definition) is 2. The molecule has 1 aliphatic carbocycles. The number of nitrogens with one attached hydrogen (secondary N) is 1. The molecule has 5 nitrogen and oxygen atoms in total. The van der Waals surface area contributed by atoms with Gasteiger partial charge in [0.15, 0.2) is 0 Å². The summed E-state index contributed by atoms with van der Waals surface area (Å²) in [5.41, 5.74) is 0.224. The van der Waals surface area contributed by atoms with Crippen molar-refractivity contribution in [2.75, 3.05) is 25.5 Å². The van der Waals surface area contributed by atoms with Gasteiger partial charge in [-0.2, -0.15) is 0 Å².